The van der Waals surface area contributed by atoms with Gasteiger partial charge in [0.1, 0.15) is 18.0 Å². The van der Waals surface area contributed by atoms with Crippen molar-refractivity contribution in [3.05, 3.63) is 29.8 Å². The average molecular weight is 305 g/mol. The van der Waals surface area contributed by atoms with Crippen LogP contribution in [0.1, 0.15) is 31.2 Å². The normalized spacial score (nSPS) is 27.7. The topological polar surface area (TPSA) is 41.9 Å². The Hall–Kier alpha value is -1.10. The van der Waals surface area contributed by atoms with E-state index in [0.29, 0.717) is 25.8 Å². The zero-order chi connectivity index (χ0) is 15.4. The lowest BCUT2D eigenvalue weighted by molar-refractivity contribution is -0.0669. The summed E-state index contributed by atoms with van der Waals surface area (Å²) < 4.78 is 11.5. The molecule has 22 heavy (non-hydrogen) atoms. The van der Waals surface area contributed by atoms with Crippen LogP contribution in [0, 0.1) is 6.92 Å². The third-order valence-electron chi connectivity index (χ3n) is 4.73. The number of hydrogen-bond donors (Lipinski definition) is 1. The molecule has 0 radical (unpaired) electrons. The van der Waals surface area contributed by atoms with Crippen molar-refractivity contribution in [3.8, 4) is 5.75 Å². The second-order valence-corrected chi connectivity index (χ2v) is 6.79. The molecule has 1 aromatic rings. The van der Waals surface area contributed by atoms with Crippen molar-refractivity contribution in [2.75, 3.05) is 32.9 Å². The van der Waals surface area contributed by atoms with E-state index in [1.54, 1.807) is 0 Å². The molecule has 1 saturated carbocycles. The van der Waals surface area contributed by atoms with E-state index in [4.69, 9.17) is 9.47 Å². The Kier molecular flexibility index (Phi) is 5.01. The van der Waals surface area contributed by atoms with Crippen LogP contribution in [-0.4, -0.2) is 54.6 Å². The van der Waals surface area contributed by atoms with E-state index in [9.17, 15) is 5.11 Å². The number of hydrogen-bond acceptors (Lipinski definition) is 4. The summed E-state index contributed by atoms with van der Waals surface area (Å²) in [5.41, 5.74) is 0.234. The highest BCUT2D eigenvalue weighted by molar-refractivity contribution is 5.27. The molecular weight excluding hydrogens is 278 g/mol. The van der Waals surface area contributed by atoms with Gasteiger partial charge in [-0.1, -0.05) is 25.0 Å². The average Bonchev–Trinajstić information content (AvgIpc) is 2.96. The maximum atomic E-state index is 10.9. The van der Waals surface area contributed by atoms with Gasteiger partial charge in [-0.15, -0.1) is 0 Å². The zero-order valence-electron chi connectivity index (χ0n) is 13.5. The molecule has 2 aliphatic rings. The number of aliphatic hydroxyl groups is 1. The van der Waals surface area contributed by atoms with E-state index >= 15 is 0 Å². The van der Waals surface area contributed by atoms with E-state index in [-0.39, 0.29) is 6.61 Å². The fourth-order valence-corrected chi connectivity index (χ4v) is 3.54. The summed E-state index contributed by atoms with van der Waals surface area (Å²) in [6, 6.07) is 8.55. The highest BCUT2D eigenvalue weighted by atomic mass is 16.5. The predicted octanol–water partition coefficient (Wildman–Crippen LogP) is 2.38. The van der Waals surface area contributed by atoms with Gasteiger partial charge >= 0.3 is 0 Å². The quantitative estimate of drug-likeness (QED) is 0.927. The number of rotatable bonds is 4. The summed E-state index contributed by atoms with van der Waals surface area (Å²) in [4.78, 5) is 2.40. The van der Waals surface area contributed by atoms with E-state index in [2.05, 4.69) is 4.90 Å². The summed E-state index contributed by atoms with van der Waals surface area (Å²) in [5.74, 6) is 0.810. The minimum absolute atomic E-state index is 0.277. The molecule has 0 bridgehead atoms. The van der Waals surface area contributed by atoms with Crippen LogP contribution in [0.25, 0.3) is 0 Å². The van der Waals surface area contributed by atoms with Crippen LogP contribution in [0.2, 0.25) is 0 Å². The van der Waals surface area contributed by atoms with Crippen molar-refractivity contribution in [2.24, 2.45) is 0 Å². The standard InChI is InChI=1S/C18H27NO3/c1-15-5-4-8-17(11-15)22-14-18(20)12-19(9-10-21-13-18)16-6-2-3-7-16/h4-5,8,11,16,20H,2-3,6-7,9-10,12-14H2,1H3. The number of β-amino-alcohol motifs (C(OH)–C–C–N with tert-alkyl or cyclic N) is 1. The van der Waals surface area contributed by atoms with Gasteiger partial charge in [0.15, 0.2) is 0 Å². The van der Waals surface area contributed by atoms with E-state index in [0.717, 1.165) is 17.9 Å². The van der Waals surface area contributed by atoms with Gasteiger partial charge in [-0.2, -0.15) is 0 Å². The maximum absolute atomic E-state index is 10.9. The Morgan fingerprint density at radius 3 is 2.95 bits per heavy atom. The molecule has 2 fully saturated rings. The van der Waals surface area contributed by atoms with Crippen molar-refractivity contribution in [3.63, 3.8) is 0 Å². The van der Waals surface area contributed by atoms with Gasteiger partial charge < -0.3 is 14.6 Å². The Labute approximate surface area is 133 Å². The first-order chi connectivity index (χ1) is 10.6. The molecule has 1 aliphatic carbocycles. The van der Waals surface area contributed by atoms with Gasteiger partial charge in [-0.05, 0) is 37.5 Å². The first-order valence-corrected chi connectivity index (χ1v) is 8.38. The molecule has 4 nitrogen and oxygen atoms in total. The van der Waals surface area contributed by atoms with Crippen LogP contribution < -0.4 is 4.74 Å². The Morgan fingerprint density at radius 1 is 1.36 bits per heavy atom. The molecule has 0 amide bonds. The molecule has 4 heteroatoms. The molecule has 1 aliphatic heterocycles. The van der Waals surface area contributed by atoms with Crippen LogP contribution in [0.3, 0.4) is 0 Å². The highest BCUT2D eigenvalue weighted by Crippen LogP contribution is 2.26. The number of aryl methyl sites for hydroxylation is 1. The van der Waals surface area contributed by atoms with Gasteiger partial charge in [0.2, 0.25) is 0 Å². The second-order valence-electron chi connectivity index (χ2n) is 6.79. The molecule has 122 valence electrons. The summed E-state index contributed by atoms with van der Waals surface area (Å²) >= 11 is 0. The summed E-state index contributed by atoms with van der Waals surface area (Å²) in [5, 5.41) is 10.9. The van der Waals surface area contributed by atoms with Crippen LogP contribution in [0.4, 0.5) is 0 Å². The minimum atomic E-state index is -0.928. The molecule has 1 heterocycles. The second kappa shape index (κ2) is 6.99. The maximum Gasteiger partial charge on any atom is 0.134 e. The van der Waals surface area contributed by atoms with Crippen LogP contribution >= 0.6 is 0 Å². The summed E-state index contributed by atoms with van der Waals surface area (Å²) in [7, 11) is 0. The number of ether oxygens (including phenoxy) is 2. The van der Waals surface area contributed by atoms with Crippen molar-refractivity contribution >= 4 is 0 Å². The number of benzene rings is 1. The lowest BCUT2D eigenvalue weighted by atomic mass is 10.0. The van der Waals surface area contributed by atoms with Gasteiger partial charge in [0.05, 0.1) is 13.2 Å². The zero-order valence-corrected chi connectivity index (χ0v) is 13.5. The Morgan fingerprint density at radius 2 is 2.18 bits per heavy atom. The Balaban J connectivity index is 1.62. The van der Waals surface area contributed by atoms with E-state index in [1.807, 2.05) is 31.2 Å². The fraction of sp³-hybridized carbons (Fsp3) is 0.667. The highest BCUT2D eigenvalue weighted by Gasteiger charge is 2.36. The molecule has 1 saturated heterocycles. The molecular formula is C18H27NO3. The summed E-state index contributed by atoms with van der Waals surface area (Å²) in [6.45, 7) is 4.92. The monoisotopic (exact) mass is 305 g/mol. The van der Waals surface area contributed by atoms with Gasteiger partial charge in [0.25, 0.3) is 0 Å². The Bertz CT molecular complexity index is 487. The largest absolute Gasteiger partial charge is 0.490 e. The number of nitrogens with zero attached hydrogens (tertiary/aromatic N) is 1. The first kappa shape index (κ1) is 15.8. The lowest BCUT2D eigenvalue weighted by Gasteiger charge is -2.33. The SMILES string of the molecule is Cc1cccc(OCC2(O)COCCN(C3CCCC3)C2)c1. The van der Waals surface area contributed by atoms with Crippen molar-refractivity contribution in [1.82, 2.24) is 4.90 Å². The van der Waals surface area contributed by atoms with Crippen molar-refractivity contribution in [1.29, 1.82) is 0 Å². The smallest absolute Gasteiger partial charge is 0.134 e. The molecule has 0 spiro atoms. The molecule has 1 atom stereocenters. The minimum Gasteiger partial charge on any atom is -0.490 e. The lowest BCUT2D eigenvalue weighted by Crippen LogP contribution is -2.51. The van der Waals surface area contributed by atoms with E-state index in [1.165, 1.54) is 25.7 Å². The third-order valence-corrected chi connectivity index (χ3v) is 4.73. The van der Waals surface area contributed by atoms with Gasteiger partial charge in [-0.3, -0.25) is 4.90 Å². The van der Waals surface area contributed by atoms with Crippen LogP contribution in [0.5, 0.6) is 5.75 Å². The van der Waals surface area contributed by atoms with E-state index < -0.39 is 5.60 Å². The van der Waals surface area contributed by atoms with Crippen LogP contribution in [-0.2, 0) is 4.74 Å². The van der Waals surface area contributed by atoms with Gasteiger partial charge in [0, 0.05) is 19.1 Å². The first-order valence-electron chi connectivity index (χ1n) is 8.38. The molecule has 3 rings (SSSR count). The molecule has 0 aromatic heterocycles. The molecule has 1 aromatic carbocycles. The molecule has 1 N–H and O–H groups in total. The van der Waals surface area contributed by atoms with Gasteiger partial charge in [-0.25, -0.2) is 0 Å². The third kappa shape index (κ3) is 4.00. The predicted molar refractivity (Wildman–Crippen MR) is 86.3 cm³/mol. The van der Waals surface area contributed by atoms with Crippen molar-refractivity contribution < 1.29 is 14.6 Å². The van der Waals surface area contributed by atoms with Crippen LogP contribution in [0.15, 0.2) is 24.3 Å². The molecule has 1 unspecified atom stereocenters. The summed E-state index contributed by atoms with van der Waals surface area (Å²) in [6.07, 6.45) is 5.10. The van der Waals surface area contributed by atoms with Crippen molar-refractivity contribution in [2.45, 2.75) is 44.2 Å². The fourth-order valence-electron chi connectivity index (χ4n) is 3.54.